The van der Waals surface area contributed by atoms with Gasteiger partial charge in [-0.05, 0) is 32.1 Å². The molecule has 0 aliphatic carbocycles. The molecule has 1 aromatic rings. The number of hydrogen-bond acceptors (Lipinski definition) is 2. The van der Waals surface area contributed by atoms with Gasteiger partial charge in [0, 0.05) is 6.08 Å². The highest BCUT2D eigenvalue weighted by molar-refractivity contribution is 6.70. The molecule has 0 bridgehead atoms. The lowest BCUT2D eigenvalue weighted by Gasteiger charge is -2.21. The molecule has 0 fully saturated rings. The zero-order chi connectivity index (χ0) is 12.0. The SMILES string of the molecule is CCO/C(=C\c1ccccc1)O[Si](C)(C)C. The summed E-state index contributed by atoms with van der Waals surface area (Å²) in [5.41, 5.74) is 1.10. The molecule has 0 spiro atoms. The van der Waals surface area contributed by atoms with Crippen LogP contribution in [0.4, 0.5) is 0 Å². The van der Waals surface area contributed by atoms with Crippen LogP contribution < -0.4 is 0 Å². The molecule has 0 atom stereocenters. The molecule has 16 heavy (non-hydrogen) atoms. The second-order valence-corrected chi connectivity index (χ2v) is 8.95. The maximum atomic E-state index is 5.86. The minimum Gasteiger partial charge on any atom is -0.520 e. The molecule has 0 saturated carbocycles. The van der Waals surface area contributed by atoms with E-state index in [1.54, 1.807) is 0 Å². The van der Waals surface area contributed by atoms with Crippen LogP contribution in [-0.2, 0) is 9.16 Å². The maximum absolute atomic E-state index is 5.86. The van der Waals surface area contributed by atoms with Crippen molar-refractivity contribution >= 4 is 14.4 Å². The van der Waals surface area contributed by atoms with Crippen LogP contribution in [0.2, 0.25) is 19.6 Å². The molecule has 0 aliphatic rings. The van der Waals surface area contributed by atoms with Crippen molar-refractivity contribution in [2.24, 2.45) is 0 Å². The third-order valence-corrected chi connectivity index (χ3v) is 2.59. The summed E-state index contributed by atoms with van der Waals surface area (Å²) in [7, 11) is -1.60. The highest BCUT2D eigenvalue weighted by atomic mass is 28.4. The van der Waals surface area contributed by atoms with Crippen molar-refractivity contribution in [3.8, 4) is 0 Å². The van der Waals surface area contributed by atoms with Crippen molar-refractivity contribution in [3.05, 3.63) is 41.8 Å². The summed E-state index contributed by atoms with van der Waals surface area (Å²) in [6.07, 6.45) is 1.95. The van der Waals surface area contributed by atoms with Gasteiger partial charge in [-0.15, -0.1) is 0 Å². The molecule has 0 unspecified atom stereocenters. The molecule has 0 N–H and O–H groups in total. The number of rotatable bonds is 5. The van der Waals surface area contributed by atoms with E-state index in [2.05, 4.69) is 19.6 Å². The molecule has 0 aliphatic heterocycles. The Balaban J connectivity index is 2.81. The molecule has 1 aromatic carbocycles. The van der Waals surface area contributed by atoms with E-state index in [1.807, 2.05) is 43.3 Å². The molecular formula is C13H20O2Si. The van der Waals surface area contributed by atoms with Gasteiger partial charge < -0.3 is 9.16 Å². The quantitative estimate of drug-likeness (QED) is 0.570. The van der Waals surface area contributed by atoms with E-state index < -0.39 is 8.32 Å². The van der Waals surface area contributed by atoms with Crippen LogP contribution in [0.1, 0.15) is 12.5 Å². The molecule has 88 valence electrons. The Hall–Kier alpha value is -1.22. The summed E-state index contributed by atoms with van der Waals surface area (Å²) in [6, 6.07) is 10.1. The number of hydrogen-bond donors (Lipinski definition) is 0. The lowest BCUT2D eigenvalue weighted by atomic mass is 10.2. The molecule has 2 nitrogen and oxygen atoms in total. The normalized spacial score (nSPS) is 12.4. The van der Waals surface area contributed by atoms with Gasteiger partial charge in [0.05, 0.1) is 6.61 Å². The zero-order valence-corrected chi connectivity index (χ0v) is 11.5. The molecule has 0 radical (unpaired) electrons. The third-order valence-electron chi connectivity index (χ3n) is 1.78. The fourth-order valence-corrected chi connectivity index (χ4v) is 1.95. The van der Waals surface area contributed by atoms with Crippen LogP contribution in [0.3, 0.4) is 0 Å². The van der Waals surface area contributed by atoms with Gasteiger partial charge in [0.25, 0.3) is 5.95 Å². The van der Waals surface area contributed by atoms with Crippen molar-refractivity contribution in [2.75, 3.05) is 6.61 Å². The highest BCUT2D eigenvalue weighted by Crippen LogP contribution is 2.15. The summed E-state index contributed by atoms with van der Waals surface area (Å²) in [4.78, 5) is 0. The van der Waals surface area contributed by atoms with Crippen molar-refractivity contribution in [1.82, 2.24) is 0 Å². The Morgan fingerprint density at radius 3 is 2.31 bits per heavy atom. The van der Waals surface area contributed by atoms with Gasteiger partial charge in [0.1, 0.15) is 0 Å². The van der Waals surface area contributed by atoms with Gasteiger partial charge >= 0.3 is 0 Å². The predicted octanol–water partition coefficient (Wildman–Crippen LogP) is 3.87. The van der Waals surface area contributed by atoms with E-state index in [9.17, 15) is 0 Å². The molecule has 1 rings (SSSR count). The molecule has 0 aromatic heterocycles. The Labute approximate surface area is 99.0 Å². The fraction of sp³-hybridized carbons (Fsp3) is 0.385. The molecular weight excluding hydrogens is 216 g/mol. The maximum Gasteiger partial charge on any atom is 0.265 e. The minimum atomic E-state index is -1.60. The molecule has 0 saturated heterocycles. The smallest absolute Gasteiger partial charge is 0.265 e. The van der Waals surface area contributed by atoms with Crippen molar-refractivity contribution in [3.63, 3.8) is 0 Å². The van der Waals surface area contributed by atoms with E-state index in [0.717, 1.165) is 5.56 Å². The summed E-state index contributed by atoms with van der Waals surface area (Å²) in [5, 5.41) is 0. The average molecular weight is 236 g/mol. The average Bonchev–Trinajstić information content (AvgIpc) is 2.17. The zero-order valence-electron chi connectivity index (χ0n) is 10.5. The van der Waals surface area contributed by atoms with Gasteiger partial charge in [-0.1, -0.05) is 30.3 Å². The van der Waals surface area contributed by atoms with Crippen molar-refractivity contribution < 1.29 is 9.16 Å². The van der Waals surface area contributed by atoms with E-state index in [4.69, 9.17) is 9.16 Å². The van der Waals surface area contributed by atoms with Crippen LogP contribution in [0.5, 0.6) is 0 Å². The largest absolute Gasteiger partial charge is 0.520 e. The van der Waals surface area contributed by atoms with Gasteiger partial charge in [-0.3, -0.25) is 0 Å². The Kier molecular flexibility index (Phi) is 4.62. The van der Waals surface area contributed by atoms with Gasteiger partial charge in [-0.2, -0.15) is 0 Å². The van der Waals surface area contributed by atoms with Crippen LogP contribution in [0.15, 0.2) is 36.3 Å². The van der Waals surface area contributed by atoms with Crippen molar-refractivity contribution in [2.45, 2.75) is 26.6 Å². The standard InChI is InChI=1S/C13H20O2Si/c1-5-14-13(15-16(2,3)4)11-12-9-7-6-8-10-12/h6-11H,5H2,1-4H3/b13-11+. The Morgan fingerprint density at radius 1 is 1.19 bits per heavy atom. The first-order valence-corrected chi connectivity index (χ1v) is 9.00. The number of benzene rings is 1. The lowest BCUT2D eigenvalue weighted by molar-refractivity contribution is 0.117. The lowest BCUT2D eigenvalue weighted by Crippen LogP contribution is -2.25. The van der Waals surface area contributed by atoms with Crippen LogP contribution in [0, 0.1) is 0 Å². The fourth-order valence-electron chi connectivity index (χ4n) is 1.23. The predicted molar refractivity (Wildman–Crippen MR) is 70.5 cm³/mol. The summed E-state index contributed by atoms with van der Waals surface area (Å²) >= 11 is 0. The van der Waals surface area contributed by atoms with E-state index >= 15 is 0 Å². The Morgan fingerprint density at radius 2 is 1.81 bits per heavy atom. The Bertz CT molecular complexity index is 339. The third kappa shape index (κ3) is 5.03. The van der Waals surface area contributed by atoms with Crippen LogP contribution in [0.25, 0.3) is 6.08 Å². The van der Waals surface area contributed by atoms with E-state index in [-0.39, 0.29) is 0 Å². The molecule has 3 heteroatoms. The first-order valence-electron chi connectivity index (χ1n) is 5.60. The first kappa shape index (κ1) is 12.8. The monoisotopic (exact) mass is 236 g/mol. The van der Waals surface area contributed by atoms with E-state index in [1.165, 1.54) is 0 Å². The van der Waals surface area contributed by atoms with Gasteiger partial charge in [0.2, 0.25) is 8.32 Å². The van der Waals surface area contributed by atoms with Crippen LogP contribution in [-0.4, -0.2) is 14.9 Å². The topological polar surface area (TPSA) is 18.5 Å². The molecule has 0 amide bonds. The summed E-state index contributed by atoms with van der Waals surface area (Å²) in [6.45, 7) is 9.02. The van der Waals surface area contributed by atoms with Gasteiger partial charge in [0.15, 0.2) is 0 Å². The summed E-state index contributed by atoms with van der Waals surface area (Å²) in [5.74, 6) is 0.632. The van der Waals surface area contributed by atoms with Crippen molar-refractivity contribution in [1.29, 1.82) is 0 Å². The number of ether oxygens (including phenoxy) is 1. The van der Waals surface area contributed by atoms with Gasteiger partial charge in [-0.25, -0.2) is 0 Å². The van der Waals surface area contributed by atoms with E-state index in [0.29, 0.717) is 12.6 Å². The second-order valence-electron chi connectivity index (χ2n) is 4.52. The second kappa shape index (κ2) is 5.75. The molecule has 0 heterocycles. The van der Waals surface area contributed by atoms with Crippen LogP contribution >= 0.6 is 0 Å². The summed E-state index contributed by atoms with van der Waals surface area (Å²) < 4.78 is 11.4. The first-order chi connectivity index (χ1) is 7.51. The minimum absolute atomic E-state index is 0.628. The highest BCUT2D eigenvalue weighted by Gasteiger charge is 2.18.